The zero-order valence-electron chi connectivity index (χ0n) is 20.0. The number of allylic oxidation sites excluding steroid dienone is 10. The normalized spacial score (nSPS) is 20.6. The Bertz CT molecular complexity index is 671. The van der Waals surface area contributed by atoms with E-state index in [1.54, 1.807) is 5.57 Å². The van der Waals surface area contributed by atoms with Gasteiger partial charge in [-0.3, -0.25) is 0 Å². The summed E-state index contributed by atoms with van der Waals surface area (Å²) in [6.07, 6.45) is 15.6. The van der Waals surface area contributed by atoms with Crippen LogP contribution >= 0.6 is 0 Å². The molecule has 0 heteroatoms. The average molecular weight is 369 g/mol. The highest BCUT2D eigenvalue weighted by atomic mass is 14.3. The second-order valence-electron chi connectivity index (χ2n) is 11.0. The van der Waals surface area contributed by atoms with Crippen LogP contribution in [0.25, 0.3) is 0 Å². The summed E-state index contributed by atoms with van der Waals surface area (Å²) >= 11 is 0. The van der Waals surface area contributed by atoms with Gasteiger partial charge in [-0.2, -0.15) is 0 Å². The molecule has 0 aromatic rings. The molecule has 0 aliphatic heterocycles. The molecular formula is C27H44. The summed E-state index contributed by atoms with van der Waals surface area (Å²) in [4.78, 5) is 0. The highest BCUT2D eigenvalue weighted by Crippen LogP contribution is 2.41. The van der Waals surface area contributed by atoms with Crippen molar-refractivity contribution in [3.63, 3.8) is 0 Å². The SMILES string of the molecule is C/C=C(/C=C(C)/C=C(/C=C/C1=C(C)CCCC1(C)C)C(C)(C)C)C(C)(C)C. The average Bonchev–Trinajstić information content (AvgIpc) is 2.48. The van der Waals surface area contributed by atoms with E-state index >= 15 is 0 Å². The Morgan fingerprint density at radius 2 is 1.48 bits per heavy atom. The van der Waals surface area contributed by atoms with Crippen LogP contribution in [0, 0.1) is 16.2 Å². The molecule has 0 heterocycles. The lowest BCUT2D eigenvalue weighted by Crippen LogP contribution is -2.19. The summed E-state index contributed by atoms with van der Waals surface area (Å²) < 4.78 is 0. The Balaban J connectivity index is 3.30. The van der Waals surface area contributed by atoms with Gasteiger partial charge < -0.3 is 0 Å². The first-order valence-electron chi connectivity index (χ1n) is 10.6. The first-order valence-corrected chi connectivity index (χ1v) is 10.6. The van der Waals surface area contributed by atoms with Crippen molar-refractivity contribution in [2.45, 2.75) is 95.4 Å². The molecule has 0 aromatic carbocycles. The van der Waals surface area contributed by atoms with E-state index in [0.29, 0.717) is 0 Å². The lowest BCUT2D eigenvalue weighted by atomic mass is 9.72. The van der Waals surface area contributed by atoms with E-state index in [1.807, 2.05) is 0 Å². The molecular weight excluding hydrogens is 324 g/mol. The summed E-state index contributed by atoms with van der Waals surface area (Å²) in [5.74, 6) is 0. The van der Waals surface area contributed by atoms with Crippen LogP contribution in [0.4, 0.5) is 0 Å². The second kappa shape index (κ2) is 8.80. The molecule has 0 nitrogen and oxygen atoms in total. The second-order valence-corrected chi connectivity index (χ2v) is 11.0. The standard InChI is InChI=1S/C27H44/c1-12-22(25(4,5)6)18-20(2)19-23(26(7,8)9)15-16-24-21(3)14-13-17-27(24,10)11/h12,15-16,18-19H,13-14,17H2,1-11H3/b16-15+,20-18+,22-12-,23-19-. The van der Waals surface area contributed by atoms with Gasteiger partial charge in [0.05, 0.1) is 0 Å². The smallest absolute Gasteiger partial charge is 0.0104 e. The molecule has 1 aliphatic rings. The molecule has 0 saturated carbocycles. The molecule has 0 N–H and O–H groups in total. The molecule has 27 heavy (non-hydrogen) atoms. The number of rotatable bonds is 4. The van der Waals surface area contributed by atoms with E-state index in [2.05, 4.69) is 107 Å². The van der Waals surface area contributed by atoms with E-state index in [-0.39, 0.29) is 16.2 Å². The van der Waals surface area contributed by atoms with Crippen molar-refractivity contribution < 1.29 is 0 Å². The van der Waals surface area contributed by atoms with Crippen molar-refractivity contribution in [1.82, 2.24) is 0 Å². The van der Waals surface area contributed by atoms with Crippen molar-refractivity contribution in [2.24, 2.45) is 16.2 Å². The third-order valence-corrected chi connectivity index (χ3v) is 5.78. The summed E-state index contributed by atoms with van der Waals surface area (Å²) in [6, 6.07) is 0. The van der Waals surface area contributed by atoms with Gasteiger partial charge in [0.2, 0.25) is 0 Å². The fourth-order valence-electron chi connectivity index (χ4n) is 3.96. The van der Waals surface area contributed by atoms with Crippen molar-refractivity contribution in [1.29, 1.82) is 0 Å². The van der Waals surface area contributed by atoms with Crippen LogP contribution in [-0.2, 0) is 0 Å². The lowest BCUT2D eigenvalue weighted by Gasteiger charge is -2.33. The van der Waals surface area contributed by atoms with Gasteiger partial charge >= 0.3 is 0 Å². The van der Waals surface area contributed by atoms with Crippen molar-refractivity contribution in [3.8, 4) is 0 Å². The maximum Gasteiger partial charge on any atom is -0.0104 e. The van der Waals surface area contributed by atoms with Gasteiger partial charge in [-0.15, -0.1) is 0 Å². The van der Waals surface area contributed by atoms with E-state index < -0.39 is 0 Å². The predicted molar refractivity (Wildman–Crippen MR) is 124 cm³/mol. The Labute approximate surface area is 170 Å². The highest BCUT2D eigenvalue weighted by Gasteiger charge is 2.27. The summed E-state index contributed by atoms with van der Waals surface area (Å²) in [5, 5.41) is 0. The van der Waals surface area contributed by atoms with Crippen LogP contribution in [0.2, 0.25) is 0 Å². The Hall–Kier alpha value is -1.30. The Morgan fingerprint density at radius 3 is 1.93 bits per heavy atom. The zero-order valence-corrected chi connectivity index (χ0v) is 20.0. The van der Waals surface area contributed by atoms with E-state index in [0.717, 1.165) is 0 Å². The van der Waals surface area contributed by atoms with Gasteiger partial charge in [0.15, 0.2) is 0 Å². The van der Waals surface area contributed by atoms with Gasteiger partial charge in [-0.25, -0.2) is 0 Å². The lowest BCUT2D eigenvalue weighted by molar-refractivity contribution is 0.376. The molecule has 1 rings (SSSR count). The minimum absolute atomic E-state index is 0.122. The molecule has 0 fully saturated rings. The topological polar surface area (TPSA) is 0 Å². The molecule has 0 atom stereocenters. The van der Waals surface area contributed by atoms with Crippen LogP contribution in [0.5, 0.6) is 0 Å². The quantitative estimate of drug-likeness (QED) is 0.434. The molecule has 0 aromatic heterocycles. The van der Waals surface area contributed by atoms with Crippen LogP contribution < -0.4 is 0 Å². The van der Waals surface area contributed by atoms with Gasteiger partial charge in [-0.1, -0.05) is 96.9 Å². The monoisotopic (exact) mass is 368 g/mol. The molecule has 0 spiro atoms. The number of hydrogen-bond acceptors (Lipinski definition) is 0. The van der Waals surface area contributed by atoms with Gasteiger partial charge in [-0.05, 0) is 73.0 Å². The third-order valence-electron chi connectivity index (χ3n) is 5.78. The largest absolute Gasteiger partial charge is 0.0839 e. The predicted octanol–water partition coefficient (Wildman–Crippen LogP) is 8.98. The fourth-order valence-corrected chi connectivity index (χ4v) is 3.96. The molecule has 1 aliphatic carbocycles. The third kappa shape index (κ3) is 6.98. The van der Waals surface area contributed by atoms with Crippen LogP contribution in [-0.4, -0.2) is 0 Å². The number of hydrogen-bond donors (Lipinski definition) is 0. The minimum atomic E-state index is 0.122. The summed E-state index contributed by atoms with van der Waals surface area (Å²) in [6.45, 7) is 25.2. The van der Waals surface area contributed by atoms with E-state index in [1.165, 1.54) is 41.6 Å². The highest BCUT2D eigenvalue weighted by molar-refractivity contribution is 5.42. The first-order chi connectivity index (χ1) is 12.2. The van der Waals surface area contributed by atoms with Gasteiger partial charge in [0.25, 0.3) is 0 Å². The summed E-state index contributed by atoms with van der Waals surface area (Å²) in [5.41, 5.74) is 7.79. The first kappa shape index (κ1) is 23.7. The maximum absolute atomic E-state index is 2.40. The Morgan fingerprint density at radius 1 is 0.926 bits per heavy atom. The van der Waals surface area contributed by atoms with Crippen molar-refractivity contribution >= 4 is 0 Å². The minimum Gasteiger partial charge on any atom is -0.0839 e. The van der Waals surface area contributed by atoms with Crippen LogP contribution in [0.1, 0.15) is 95.4 Å². The van der Waals surface area contributed by atoms with Gasteiger partial charge in [0.1, 0.15) is 0 Å². The molecule has 152 valence electrons. The van der Waals surface area contributed by atoms with Crippen LogP contribution in [0.3, 0.4) is 0 Å². The fraction of sp³-hybridized carbons (Fsp3) is 0.630. The zero-order chi connectivity index (χ0) is 21.0. The van der Waals surface area contributed by atoms with Crippen molar-refractivity contribution in [2.75, 3.05) is 0 Å². The molecule has 0 unspecified atom stereocenters. The van der Waals surface area contributed by atoms with Crippen LogP contribution in [0.15, 0.2) is 58.2 Å². The maximum atomic E-state index is 2.40. The Kier molecular flexibility index (Phi) is 7.74. The van der Waals surface area contributed by atoms with E-state index in [4.69, 9.17) is 0 Å². The molecule has 0 saturated heterocycles. The van der Waals surface area contributed by atoms with Gasteiger partial charge in [0, 0.05) is 0 Å². The summed E-state index contributed by atoms with van der Waals surface area (Å²) in [7, 11) is 0. The molecule has 0 radical (unpaired) electrons. The van der Waals surface area contributed by atoms with E-state index in [9.17, 15) is 0 Å². The molecule has 0 amide bonds. The molecule has 0 bridgehead atoms. The van der Waals surface area contributed by atoms with Crippen molar-refractivity contribution in [3.05, 3.63) is 58.2 Å².